The van der Waals surface area contributed by atoms with Crippen LogP contribution < -0.4 is 5.32 Å². The highest BCUT2D eigenvalue weighted by molar-refractivity contribution is 5.76. The van der Waals surface area contributed by atoms with E-state index in [1.807, 2.05) is 6.08 Å². The van der Waals surface area contributed by atoms with Gasteiger partial charge < -0.3 is 65.1 Å². The first-order valence-corrected chi connectivity index (χ1v) is 31.1. The van der Waals surface area contributed by atoms with E-state index in [2.05, 4.69) is 116 Å². The smallest absolute Gasteiger partial charge is 0.220 e. The second-order valence-corrected chi connectivity index (χ2v) is 21.4. The molecule has 12 atom stereocenters. The lowest BCUT2D eigenvalue weighted by molar-refractivity contribution is -0.359. The van der Waals surface area contributed by atoms with Gasteiger partial charge in [-0.2, -0.15) is 0 Å². The Labute approximate surface area is 483 Å². The molecule has 2 rings (SSSR count). The van der Waals surface area contributed by atoms with Gasteiger partial charge >= 0.3 is 0 Å². The van der Waals surface area contributed by atoms with Gasteiger partial charge in [-0.05, 0) is 89.9 Å². The third-order valence-corrected chi connectivity index (χ3v) is 14.4. The molecule has 0 aromatic carbocycles. The Morgan fingerprint density at radius 2 is 0.875 bits per heavy atom. The number of hydrogen-bond donors (Lipinski definition) is 9. The van der Waals surface area contributed by atoms with E-state index in [-0.39, 0.29) is 18.9 Å². The normalized spacial score (nSPS) is 25.0. The maximum Gasteiger partial charge on any atom is 0.220 e. The first kappa shape index (κ1) is 72.8. The third-order valence-electron chi connectivity index (χ3n) is 14.4. The van der Waals surface area contributed by atoms with Crippen LogP contribution in [0.15, 0.2) is 109 Å². The maximum absolute atomic E-state index is 13.3. The van der Waals surface area contributed by atoms with Crippen molar-refractivity contribution in [3.63, 3.8) is 0 Å². The number of allylic oxidation sites excluding steroid dienone is 17. The number of ether oxygens (including phenoxy) is 4. The van der Waals surface area contributed by atoms with Gasteiger partial charge in [0, 0.05) is 6.42 Å². The molecule has 12 unspecified atom stereocenters. The molecule has 0 aromatic heterocycles. The summed E-state index contributed by atoms with van der Waals surface area (Å²) in [5, 5.41) is 87.1. The monoisotopic (exact) mass is 1130 g/mol. The first-order chi connectivity index (χ1) is 39.1. The highest BCUT2D eigenvalue weighted by Crippen LogP contribution is 2.30. The van der Waals surface area contributed by atoms with Gasteiger partial charge in [-0.25, -0.2) is 0 Å². The molecule has 2 aliphatic rings. The Morgan fingerprint density at radius 1 is 0.463 bits per heavy atom. The summed E-state index contributed by atoms with van der Waals surface area (Å²) in [7, 11) is 0. The lowest BCUT2D eigenvalue weighted by Gasteiger charge is -2.46. The lowest BCUT2D eigenvalue weighted by Crippen LogP contribution is -2.65. The summed E-state index contributed by atoms with van der Waals surface area (Å²) < 4.78 is 22.8. The summed E-state index contributed by atoms with van der Waals surface area (Å²) in [5.74, 6) is -0.261. The van der Waals surface area contributed by atoms with E-state index in [0.717, 1.165) is 83.5 Å². The third kappa shape index (κ3) is 34.9. The van der Waals surface area contributed by atoms with Crippen molar-refractivity contribution in [2.24, 2.45) is 0 Å². The number of amides is 1. The van der Waals surface area contributed by atoms with Crippen molar-refractivity contribution < 1.29 is 64.6 Å². The summed E-state index contributed by atoms with van der Waals surface area (Å²) in [4.78, 5) is 13.3. The van der Waals surface area contributed by atoms with Crippen LogP contribution in [0, 0.1) is 0 Å². The molecular formula is C66H111NO13. The van der Waals surface area contributed by atoms with Crippen LogP contribution in [0.4, 0.5) is 0 Å². The zero-order valence-corrected chi connectivity index (χ0v) is 49.3. The van der Waals surface area contributed by atoms with Gasteiger partial charge in [0.1, 0.15) is 48.8 Å². The van der Waals surface area contributed by atoms with Crippen LogP contribution in [-0.2, 0) is 23.7 Å². The van der Waals surface area contributed by atoms with Gasteiger partial charge in [-0.3, -0.25) is 4.79 Å². The minimum Gasteiger partial charge on any atom is -0.394 e. The van der Waals surface area contributed by atoms with Crippen molar-refractivity contribution in [2.75, 3.05) is 19.8 Å². The number of hydrogen-bond acceptors (Lipinski definition) is 13. The van der Waals surface area contributed by atoms with E-state index in [0.29, 0.717) is 12.8 Å². The highest BCUT2D eigenvalue weighted by atomic mass is 16.7. The molecule has 0 radical (unpaired) electrons. The van der Waals surface area contributed by atoms with Crippen molar-refractivity contribution >= 4 is 5.91 Å². The molecule has 2 aliphatic heterocycles. The van der Waals surface area contributed by atoms with Gasteiger partial charge in [0.2, 0.25) is 5.91 Å². The minimum absolute atomic E-state index is 0.259. The van der Waals surface area contributed by atoms with Crippen LogP contribution in [0.25, 0.3) is 0 Å². The van der Waals surface area contributed by atoms with E-state index in [4.69, 9.17) is 18.9 Å². The SMILES string of the molecule is CC/C=C\C/C=C\C/C=C\C/C=C\C/C=C\C/C=C\C/C=C\CCCCCCCCCCCC(=O)NC(COC1OC(CO)C(OC2OC(CO)C(O)C(O)C2O)C(O)C1O)C(O)/C=C/CC/C=C/CCCCCCCCCCC. The Bertz CT molecular complexity index is 1760. The van der Waals surface area contributed by atoms with Crippen LogP contribution >= 0.6 is 0 Å². The molecule has 80 heavy (non-hydrogen) atoms. The van der Waals surface area contributed by atoms with Gasteiger partial charge in [0.25, 0.3) is 0 Å². The minimum atomic E-state index is -1.80. The molecule has 0 aromatic rings. The molecule has 0 aliphatic carbocycles. The summed E-state index contributed by atoms with van der Waals surface area (Å²) >= 11 is 0. The van der Waals surface area contributed by atoms with Gasteiger partial charge in [0.05, 0.1) is 32.0 Å². The number of aliphatic hydroxyl groups excluding tert-OH is 8. The van der Waals surface area contributed by atoms with E-state index >= 15 is 0 Å². The van der Waals surface area contributed by atoms with E-state index in [1.54, 1.807) is 6.08 Å². The molecule has 0 bridgehead atoms. The number of unbranched alkanes of at least 4 members (excludes halogenated alkanes) is 19. The predicted molar refractivity (Wildman–Crippen MR) is 322 cm³/mol. The number of carbonyl (C=O) groups is 1. The molecule has 2 saturated heterocycles. The van der Waals surface area contributed by atoms with E-state index < -0.39 is 86.8 Å². The number of carbonyl (C=O) groups excluding carboxylic acids is 1. The zero-order valence-electron chi connectivity index (χ0n) is 49.3. The van der Waals surface area contributed by atoms with Crippen molar-refractivity contribution in [1.29, 1.82) is 0 Å². The average Bonchev–Trinajstić information content (AvgIpc) is 3.46. The van der Waals surface area contributed by atoms with Crippen LogP contribution in [0.5, 0.6) is 0 Å². The molecule has 14 nitrogen and oxygen atoms in total. The Morgan fingerprint density at radius 3 is 1.38 bits per heavy atom. The van der Waals surface area contributed by atoms with Crippen LogP contribution in [0.2, 0.25) is 0 Å². The molecule has 2 heterocycles. The summed E-state index contributed by atoms with van der Waals surface area (Å²) in [5.41, 5.74) is 0. The molecule has 458 valence electrons. The van der Waals surface area contributed by atoms with Crippen molar-refractivity contribution in [3.05, 3.63) is 109 Å². The van der Waals surface area contributed by atoms with Crippen LogP contribution in [-0.4, -0.2) is 140 Å². The second-order valence-electron chi connectivity index (χ2n) is 21.4. The predicted octanol–water partition coefficient (Wildman–Crippen LogP) is 11.2. The molecule has 2 fully saturated rings. The maximum atomic E-state index is 13.3. The summed E-state index contributed by atoms with van der Waals surface area (Å²) in [6.07, 6.45) is 54.1. The fourth-order valence-electron chi connectivity index (χ4n) is 9.46. The van der Waals surface area contributed by atoms with Gasteiger partial charge in [-0.15, -0.1) is 0 Å². The largest absolute Gasteiger partial charge is 0.394 e. The average molecular weight is 1130 g/mol. The van der Waals surface area contributed by atoms with Crippen molar-refractivity contribution in [3.8, 4) is 0 Å². The summed E-state index contributed by atoms with van der Waals surface area (Å²) in [6, 6.07) is -0.942. The van der Waals surface area contributed by atoms with E-state index in [1.165, 1.54) is 89.9 Å². The van der Waals surface area contributed by atoms with Crippen molar-refractivity contribution in [2.45, 2.75) is 280 Å². The number of aliphatic hydroxyl groups is 8. The molecule has 0 saturated carbocycles. The molecule has 0 spiro atoms. The van der Waals surface area contributed by atoms with Gasteiger partial charge in [-0.1, -0.05) is 220 Å². The van der Waals surface area contributed by atoms with Crippen molar-refractivity contribution in [1.82, 2.24) is 5.32 Å². The molecular weight excluding hydrogens is 1010 g/mol. The fourth-order valence-corrected chi connectivity index (χ4v) is 9.46. The van der Waals surface area contributed by atoms with Crippen LogP contribution in [0.1, 0.15) is 206 Å². The second kappa shape index (κ2) is 50.2. The van der Waals surface area contributed by atoms with Gasteiger partial charge in [0.15, 0.2) is 12.6 Å². The highest BCUT2D eigenvalue weighted by Gasteiger charge is 2.51. The molecule has 1 amide bonds. The lowest BCUT2D eigenvalue weighted by atomic mass is 9.97. The topological polar surface area (TPSA) is 228 Å². The standard InChI is InChI=1S/C66H111NO13/c1-3-5-7-9-11-13-15-17-19-20-21-22-23-24-25-26-27-28-29-30-31-32-33-34-36-38-40-42-44-46-48-50-58(71)67-54(55(70)49-47-45-43-41-39-37-35-18-16-14-12-10-8-6-4-2)53-77-65-63(76)61(74)64(57(52-69)79-65)80-66-62(75)60(73)59(72)56(51-68)78-66/h5,7,11,13,17,19,21-22,24-25,27-28,30-31,39,41,47,49,54-57,59-66,68-70,72-76H,3-4,6,8-10,12,14-16,18,20,23,26,29,32-38,40,42-46,48,50-53H2,1-2H3,(H,67,71)/b7-5-,13-11-,19-17-,22-21-,25-24-,28-27-,31-30-,41-39+,49-47+. The summed E-state index contributed by atoms with van der Waals surface area (Å²) in [6.45, 7) is 2.64. The number of rotatable bonds is 48. The quantitative estimate of drug-likeness (QED) is 0.0204. The Hall–Kier alpha value is -3.35. The fraction of sp³-hybridized carbons (Fsp3) is 0.712. The Kier molecular flexibility index (Phi) is 45.6. The number of nitrogens with one attached hydrogen (secondary N) is 1. The zero-order chi connectivity index (χ0) is 58.1. The molecule has 9 N–H and O–H groups in total. The van der Waals surface area contributed by atoms with Crippen LogP contribution in [0.3, 0.4) is 0 Å². The Balaban J connectivity index is 1.72. The van der Waals surface area contributed by atoms with E-state index in [9.17, 15) is 45.6 Å². The first-order valence-electron chi connectivity index (χ1n) is 31.1. The molecule has 14 heteroatoms.